The Morgan fingerprint density at radius 1 is 1.07 bits per heavy atom. The molecule has 0 N–H and O–H groups in total. The van der Waals surface area contributed by atoms with E-state index in [4.69, 9.17) is 16.2 Å². The zero-order valence-electron chi connectivity index (χ0n) is 10.7. The highest BCUT2D eigenvalue weighted by molar-refractivity contribution is 5.02. The molecule has 0 aromatic carbocycles. The molecule has 0 rings (SSSR count). The monoisotopic (exact) mass is 212 g/mol. The molecule has 2 heteroatoms. The molecule has 0 fully saturated rings. The van der Waals surface area contributed by atoms with Crippen LogP contribution in [0.1, 0.15) is 60.3 Å². The summed E-state index contributed by atoms with van der Waals surface area (Å²) in [7, 11) is 0. The molecule has 0 aliphatic rings. The summed E-state index contributed by atoms with van der Waals surface area (Å²) in [6.45, 7) is 9.86. The largest absolute Gasteiger partial charge is 0.229 e. The van der Waals surface area contributed by atoms with Gasteiger partial charge in [-0.05, 0) is 34.1 Å². The SMILES string of the molecule is C#CC(C)(C)OOC(C)(C)CCCCC. The maximum atomic E-state index is 5.39. The van der Waals surface area contributed by atoms with E-state index in [-0.39, 0.29) is 5.60 Å². The van der Waals surface area contributed by atoms with Gasteiger partial charge in [0.15, 0.2) is 5.60 Å². The molecular weight excluding hydrogens is 188 g/mol. The van der Waals surface area contributed by atoms with E-state index in [0.29, 0.717) is 0 Å². The number of terminal acetylenes is 1. The maximum absolute atomic E-state index is 5.39. The molecule has 0 aliphatic carbocycles. The van der Waals surface area contributed by atoms with E-state index in [9.17, 15) is 0 Å². The van der Waals surface area contributed by atoms with Crippen molar-refractivity contribution in [3.63, 3.8) is 0 Å². The van der Waals surface area contributed by atoms with Gasteiger partial charge in [0.25, 0.3) is 0 Å². The highest BCUT2D eigenvalue weighted by atomic mass is 17.2. The van der Waals surface area contributed by atoms with Gasteiger partial charge in [-0.25, -0.2) is 9.78 Å². The first-order valence-corrected chi connectivity index (χ1v) is 5.67. The topological polar surface area (TPSA) is 18.5 Å². The first kappa shape index (κ1) is 14.5. The fraction of sp³-hybridized carbons (Fsp3) is 0.846. The fourth-order valence-electron chi connectivity index (χ4n) is 1.08. The molecule has 88 valence electrons. The van der Waals surface area contributed by atoms with Gasteiger partial charge in [0, 0.05) is 0 Å². The standard InChI is InChI=1S/C13H24O2/c1-7-9-10-11-13(5,6)15-14-12(3,4)8-2/h2H,7,9-11H2,1,3-6H3. The lowest BCUT2D eigenvalue weighted by atomic mass is 10.0. The Balaban J connectivity index is 3.89. The fourth-order valence-corrected chi connectivity index (χ4v) is 1.08. The molecule has 0 saturated carbocycles. The first-order valence-electron chi connectivity index (χ1n) is 5.67. The molecule has 0 unspecified atom stereocenters. The molecule has 0 radical (unpaired) electrons. The van der Waals surface area contributed by atoms with E-state index in [2.05, 4.69) is 12.8 Å². The predicted molar refractivity (Wildman–Crippen MR) is 63.3 cm³/mol. The number of unbranched alkanes of at least 4 members (excludes halogenated alkanes) is 2. The minimum absolute atomic E-state index is 0.261. The van der Waals surface area contributed by atoms with E-state index in [0.717, 1.165) is 12.8 Å². The van der Waals surface area contributed by atoms with Crippen molar-refractivity contribution in [2.75, 3.05) is 0 Å². The molecule has 0 aromatic heterocycles. The number of hydrogen-bond acceptors (Lipinski definition) is 2. The first-order chi connectivity index (χ1) is 6.83. The summed E-state index contributed by atoms with van der Waals surface area (Å²) in [4.78, 5) is 10.6. The van der Waals surface area contributed by atoms with Crippen molar-refractivity contribution in [1.29, 1.82) is 0 Å². The predicted octanol–water partition coefficient (Wildman–Crippen LogP) is 3.71. The molecule has 0 spiro atoms. The third kappa shape index (κ3) is 7.41. The second kappa shape index (κ2) is 6.15. The Morgan fingerprint density at radius 2 is 1.67 bits per heavy atom. The molecule has 2 nitrogen and oxygen atoms in total. The van der Waals surface area contributed by atoms with Crippen LogP contribution in [-0.2, 0) is 9.78 Å². The summed E-state index contributed by atoms with van der Waals surface area (Å²) < 4.78 is 0. The van der Waals surface area contributed by atoms with Gasteiger partial charge >= 0.3 is 0 Å². The highest BCUT2D eigenvalue weighted by Crippen LogP contribution is 2.21. The van der Waals surface area contributed by atoms with Crippen molar-refractivity contribution in [2.45, 2.75) is 71.5 Å². The molecule has 0 saturated heterocycles. The Morgan fingerprint density at radius 3 is 2.13 bits per heavy atom. The van der Waals surface area contributed by atoms with Crippen molar-refractivity contribution >= 4 is 0 Å². The third-order valence-corrected chi connectivity index (χ3v) is 2.21. The smallest absolute Gasteiger partial charge is 0.157 e. The zero-order valence-corrected chi connectivity index (χ0v) is 10.7. The molecule has 0 aromatic rings. The van der Waals surface area contributed by atoms with E-state index in [1.165, 1.54) is 12.8 Å². The van der Waals surface area contributed by atoms with Crippen molar-refractivity contribution in [3.8, 4) is 12.3 Å². The van der Waals surface area contributed by atoms with Gasteiger partial charge in [-0.2, -0.15) is 0 Å². The summed E-state index contributed by atoms with van der Waals surface area (Å²) in [5, 5.41) is 0. The summed E-state index contributed by atoms with van der Waals surface area (Å²) >= 11 is 0. The van der Waals surface area contributed by atoms with E-state index in [1.807, 2.05) is 27.7 Å². The molecule has 0 aliphatic heterocycles. The van der Waals surface area contributed by atoms with Gasteiger partial charge in [-0.15, -0.1) is 6.42 Å². The lowest BCUT2D eigenvalue weighted by Crippen LogP contribution is -2.31. The molecule has 15 heavy (non-hydrogen) atoms. The summed E-state index contributed by atoms with van der Waals surface area (Å²) in [5.41, 5.74) is -0.911. The average molecular weight is 212 g/mol. The average Bonchev–Trinajstić information content (AvgIpc) is 2.16. The molecular formula is C13H24O2. The van der Waals surface area contributed by atoms with Gasteiger partial charge in [0.05, 0.1) is 5.60 Å². The molecule has 0 atom stereocenters. The van der Waals surface area contributed by atoms with Crippen LogP contribution in [0.3, 0.4) is 0 Å². The Bertz CT molecular complexity index is 211. The Labute approximate surface area is 94.3 Å². The molecule has 0 heterocycles. The van der Waals surface area contributed by atoms with Crippen molar-refractivity contribution in [1.82, 2.24) is 0 Å². The number of rotatable bonds is 7. The minimum Gasteiger partial charge on any atom is -0.229 e. The normalized spacial score (nSPS) is 12.5. The van der Waals surface area contributed by atoms with Crippen LogP contribution in [0.4, 0.5) is 0 Å². The lowest BCUT2D eigenvalue weighted by molar-refractivity contribution is -0.389. The second-order valence-electron chi connectivity index (χ2n) is 5.04. The van der Waals surface area contributed by atoms with Crippen molar-refractivity contribution in [3.05, 3.63) is 0 Å². The second-order valence-corrected chi connectivity index (χ2v) is 5.04. The molecule has 0 amide bonds. The highest BCUT2D eigenvalue weighted by Gasteiger charge is 2.24. The van der Waals surface area contributed by atoms with Crippen LogP contribution in [0.15, 0.2) is 0 Å². The zero-order chi connectivity index (χ0) is 11.9. The van der Waals surface area contributed by atoms with Crippen LogP contribution < -0.4 is 0 Å². The van der Waals surface area contributed by atoms with E-state index < -0.39 is 5.60 Å². The summed E-state index contributed by atoms with van der Waals surface area (Å²) in [5.74, 6) is 2.53. The Kier molecular flexibility index (Phi) is 5.93. The van der Waals surface area contributed by atoms with Gasteiger partial charge in [-0.3, -0.25) is 0 Å². The van der Waals surface area contributed by atoms with Gasteiger partial charge in [0.1, 0.15) is 0 Å². The van der Waals surface area contributed by atoms with E-state index >= 15 is 0 Å². The quantitative estimate of drug-likeness (QED) is 0.277. The van der Waals surface area contributed by atoms with Crippen LogP contribution in [0.5, 0.6) is 0 Å². The van der Waals surface area contributed by atoms with Gasteiger partial charge < -0.3 is 0 Å². The lowest BCUT2D eigenvalue weighted by Gasteiger charge is -2.27. The molecule has 0 bridgehead atoms. The van der Waals surface area contributed by atoms with Crippen molar-refractivity contribution < 1.29 is 9.78 Å². The van der Waals surface area contributed by atoms with Gasteiger partial charge in [0.2, 0.25) is 0 Å². The van der Waals surface area contributed by atoms with Crippen LogP contribution in [0.25, 0.3) is 0 Å². The third-order valence-electron chi connectivity index (χ3n) is 2.21. The van der Waals surface area contributed by atoms with Crippen LogP contribution >= 0.6 is 0 Å². The van der Waals surface area contributed by atoms with Crippen LogP contribution in [0.2, 0.25) is 0 Å². The van der Waals surface area contributed by atoms with Crippen LogP contribution in [0, 0.1) is 12.3 Å². The van der Waals surface area contributed by atoms with E-state index in [1.54, 1.807) is 0 Å². The van der Waals surface area contributed by atoms with Crippen molar-refractivity contribution in [2.24, 2.45) is 0 Å². The summed E-state index contributed by atoms with van der Waals surface area (Å²) in [6, 6.07) is 0. The Hall–Kier alpha value is -0.520. The summed E-state index contributed by atoms with van der Waals surface area (Å²) in [6.07, 6.45) is 9.89. The minimum atomic E-state index is -0.651. The van der Waals surface area contributed by atoms with Crippen LogP contribution in [-0.4, -0.2) is 11.2 Å². The number of hydrogen-bond donors (Lipinski definition) is 0. The van der Waals surface area contributed by atoms with Gasteiger partial charge in [-0.1, -0.05) is 32.1 Å². The maximum Gasteiger partial charge on any atom is 0.157 e.